The van der Waals surface area contributed by atoms with Gasteiger partial charge in [0.05, 0.1) is 0 Å². The third-order valence-electron chi connectivity index (χ3n) is 3.45. The number of amides is 1. The summed E-state index contributed by atoms with van der Waals surface area (Å²) in [5.74, 6) is 0.386. The van der Waals surface area contributed by atoms with Crippen molar-refractivity contribution in [1.29, 1.82) is 0 Å². The van der Waals surface area contributed by atoms with Crippen LogP contribution in [-0.2, 0) is 4.79 Å². The first-order valence-electron chi connectivity index (χ1n) is 7.12. The lowest BCUT2D eigenvalue weighted by molar-refractivity contribution is -0.133. The fourth-order valence-electron chi connectivity index (χ4n) is 2.36. The first kappa shape index (κ1) is 13.5. The normalized spacial score (nSPS) is 16.8. The molecule has 0 unspecified atom stereocenters. The molecular weight excluding hydrogens is 198 g/mol. The van der Waals surface area contributed by atoms with E-state index in [1.54, 1.807) is 0 Å². The quantitative estimate of drug-likeness (QED) is 0.576. The Bertz CT molecular complexity index is 191. The van der Waals surface area contributed by atoms with Crippen LogP contribution in [0.15, 0.2) is 0 Å². The zero-order valence-electron chi connectivity index (χ0n) is 10.8. The zero-order chi connectivity index (χ0) is 11.6. The van der Waals surface area contributed by atoms with Crippen molar-refractivity contribution < 1.29 is 4.79 Å². The lowest BCUT2D eigenvalue weighted by Crippen LogP contribution is -2.35. The fraction of sp³-hybridized carbons (Fsp3) is 0.929. The van der Waals surface area contributed by atoms with Crippen molar-refractivity contribution in [2.24, 2.45) is 0 Å². The summed E-state index contributed by atoms with van der Waals surface area (Å²) >= 11 is 0. The van der Waals surface area contributed by atoms with Crippen LogP contribution in [0, 0.1) is 0 Å². The predicted molar refractivity (Wildman–Crippen MR) is 68.4 cm³/mol. The average molecular weight is 225 g/mol. The van der Waals surface area contributed by atoms with E-state index in [0.29, 0.717) is 5.91 Å². The number of carbonyl (C=O) groups excluding carboxylic acids is 1. The highest BCUT2D eigenvalue weighted by atomic mass is 16.2. The molecule has 1 fully saturated rings. The van der Waals surface area contributed by atoms with Crippen molar-refractivity contribution in [2.45, 2.75) is 71.1 Å². The Hall–Kier alpha value is -0.530. The van der Waals surface area contributed by atoms with E-state index in [1.807, 2.05) is 0 Å². The van der Waals surface area contributed by atoms with Gasteiger partial charge in [-0.05, 0) is 19.3 Å². The zero-order valence-corrected chi connectivity index (χ0v) is 10.8. The van der Waals surface area contributed by atoms with Crippen LogP contribution in [0.4, 0.5) is 0 Å². The summed E-state index contributed by atoms with van der Waals surface area (Å²) in [4.78, 5) is 13.6. The first-order chi connectivity index (χ1) is 7.84. The molecule has 2 heteroatoms. The first-order valence-corrected chi connectivity index (χ1v) is 7.12. The van der Waals surface area contributed by atoms with Crippen LogP contribution in [0.5, 0.6) is 0 Å². The number of nitrogens with zero attached hydrogens (tertiary/aromatic N) is 1. The number of hydrogen-bond donors (Lipinski definition) is 0. The fourth-order valence-corrected chi connectivity index (χ4v) is 2.36. The standard InChI is InChI=1S/C14H27NO/c1-2-3-4-5-6-7-9-12-15-13-10-8-11-14(15)16/h2-13H2,1H3. The Kier molecular flexibility index (Phi) is 7.28. The van der Waals surface area contributed by atoms with Gasteiger partial charge in [0.1, 0.15) is 0 Å². The SMILES string of the molecule is CCCCCCCCCN1CCCCC1=O. The minimum Gasteiger partial charge on any atom is -0.343 e. The van der Waals surface area contributed by atoms with Crippen molar-refractivity contribution in [3.63, 3.8) is 0 Å². The maximum absolute atomic E-state index is 11.5. The van der Waals surface area contributed by atoms with E-state index in [1.165, 1.54) is 51.4 Å². The van der Waals surface area contributed by atoms with E-state index >= 15 is 0 Å². The highest BCUT2D eigenvalue weighted by molar-refractivity contribution is 5.76. The van der Waals surface area contributed by atoms with Crippen LogP contribution in [0.1, 0.15) is 71.1 Å². The van der Waals surface area contributed by atoms with Crippen molar-refractivity contribution in [3.05, 3.63) is 0 Å². The van der Waals surface area contributed by atoms with E-state index < -0.39 is 0 Å². The van der Waals surface area contributed by atoms with E-state index in [9.17, 15) is 4.79 Å². The van der Waals surface area contributed by atoms with Crippen LogP contribution in [0.2, 0.25) is 0 Å². The number of piperidine rings is 1. The number of unbranched alkanes of at least 4 members (excludes halogenated alkanes) is 6. The summed E-state index contributed by atoms with van der Waals surface area (Å²) in [6.45, 7) is 4.27. The van der Waals surface area contributed by atoms with E-state index in [4.69, 9.17) is 0 Å². The molecule has 0 aromatic rings. The van der Waals surface area contributed by atoms with Crippen molar-refractivity contribution in [2.75, 3.05) is 13.1 Å². The van der Waals surface area contributed by atoms with E-state index in [-0.39, 0.29) is 0 Å². The van der Waals surface area contributed by atoms with Gasteiger partial charge in [-0.15, -0.1) is 0 Å². The Morgan fingerprint density at radius 2 is 1.69 bits per heavy atom. The topological polar surface area (TPSA) is 20.3 Å². The van der Waals surface area contributed by atoms with Gasteiger partial charge in [-0.25, -0.2) is 0 Å². The molecule has 1 aliphatic rings. The molecular formula is C14H27NO. The molecule has 0 bridgehead atoms. The average Bonchev–Trinajstić information content (AvgIpc) is 2.30. The van der Waals surface area contributed by atoms with Gasteiger partial charge >= 0.3 is 0 Å². The Labute approximate surface area is 100 Å². The van der Waals surface area contributed by atoms with Gasteiger partial charge in [0, 0.05) is 19.5 Å². The molecule has 0 aliphatic carbocycles. The number of likely N-dealkylation sites (tertiary alicyclic amines) is 1. The smallest absolute Gasteiger partial charge is 0.222 e. The van der Waals surface area contributed by atoms with Gasteiger partial charge in [0.25, 0.3) is 0 Å². The molecule has 16 heavy (non-hydrogen) atoms. The van der Waals surface area contributed by atoms with E-state index in [0.717, 1.165) is 25.9 Å². The third-order valence-corrected chi connectivity index (χ3v) is 3.45. The number of rotatable bonds is 8. The molecule has 0 N–H and O–H groups in total. The molecule has 1 rings (SSSR count). The molecule has 1 amide bonds. The maximum Gasteiger partial charge on any atom is 0.222 e. The molecule has 0 atom stereocenters. The second kappa shape index (κ2) is 8.60. The minimum absolute atomic E-state index is 0.386. The summed E-state index contributed by atoms with van der Waals surface area (Å²) in [6, 6.07) is 0. The van der Waals surface area contributed by atoms with Crippen molar-refractivity contribution in [3.8, 4) is 0 Å². The Morgan fingerprint density at radius 3 is 2.38 bits per heavy atom. The Morgan fingerprint density at radius 1 is 1.00 bits per heavy atom. The van der Waals surface area contributed by atoms with Gasteiger partial charge in [-0.1, -0.05) is 45.4 Å². The molecule has 0 aromatic heterocycles. The summed E-state index contributed by atoms with van der Waals surface area (Å²) < 4.78 is 0. The van der Waals surface area contributed by atoms with Gasteiger partial charge < -0.3 is 4.90 Å². The largest absolute Gasteiger partial charge is 0.343 e. The van der Waals surface area contributed by atoms with Crippen LogP contribution < -0.4 is 0 Å². The van der Waals surface area contributed by atoms with Gasteiger partial charge in [0.2, 0.25) is 5.91 Å². The van der Waals surface area contributed by atoms with Crippen LogP contribution in [0.3, 0.4) is 0 Å². The highest BCUT2D eigenvalue weighted by Crippen LogP contribution is 2.12. The summed E-state index contributed by atoms with van der Waals surface area (Å²) in [5, 5.41) is 0. The second-order valence-corrected chi connectivity index (χ2v) is 4.96. The van der Waals surface area contributed by atoms with Crippen molar-refractivity contribution in [1.82, 2.24) is 4.90 Å². The lowest BCUT2D eigenvalue weighted by atomic mass is 10.1. The van der Waals surface area contributed by atoms with Gasteiger partial charge in [-0.3, -0.25) is 4.79 Å². The molecule has 1 heterocycles. The Balaban J connectivity index is 1.92. The highest BCUT2D eigenvalue weighted by Gasteiger charge is 2.16. The second-order valence-electron chi connectivity index (χ2n) is 4.96. The summed E-state index contributed by atoms with van der Waals surface area (Å²) in [5.41, 5.74) is 0. The van der Waals surface area contributed by atoms with Crippen LogP contribution >= 0.6 is 0 Å². The molecule has 0 radical (unpaired) electrons. The maximum atomic E-state index is 11.5. The number of carbonyl (C=O) groups is 1. The summed E-state index contributed by atoms with van der Waals surface area (Å²) in [7, 11) is 0. The minimum atomic E-state index is 0.386. The molecule has 0 spiro atoms. The monoisotopic (exact) mass is 225 g/mol. The van der Waals surface area contributed by atoms with Crippen molar-refractivity contribution >= 4 is 5.91 Å². The van der Waals surface area contributed by atoms with Gasteiger partial charge in [0.15, 0.2) is 0 Å². The van der Waals surface area contributed by atoms with Crippen LogP contribution in [-0.4, -0.2) is 23.9 Å². The predicted octanol–water partition coefficient (Wildman–Crippen LogP) is 3.75. The molecule has 0 saturated carbocycles. The van der Waals surface area contributed by atoms with E-state index in [2.05, 4.69) is 11.8 Å². The number of hydrogen-bond acceptors (Lipinski definition) is 1. The molecule has 1 aliphatic heterocycles. The molecule has 1 saturated heterocycles. The molecule has 2 nitrogen and oxygen atoms in total. The third kappa shape index (κ3) is 5.53. The molecule has 94 valence electrons. The van der Waals surface area contributed by atoms with Crippen LogP contribution in [0.25, 0.3) is 0 Å². The molecule has 0 aromatic carbocycles. The van der Waals surface area contributed by atoms with Gasteiger partial charge in [-0.2, -0.15) is 0 Å². The lowest BCUT2D eigenvalue weighted by Gasteiger charge is -2.26. The summed E-state index contributed by atoms with van der Waals surface area (Å²) in [6.07, 6.45) is 12.4.